The number of hydrogen-bond donors (Lipinski definition) is 0. The summed E-state index contributed by atoms with van der Waals surface area (Å²) >= 11 is 0. The highest BCUT2D eigenvalue weighted by atomic mass is 19.4. The van der Waals surface area contributed by atoms with Gasteiger partial charge in [-0.05, 0) is 43.3 Å². The van der Waals surface area contributed by atoms with Crippen LogP contribution in [0, 0.1) is 12.7 Å². The summed E-state index contributed by atoms with van der Waals surface area (Å²) in [4.78, 5) is 4.30. The highest BCUT2D eigenvalue weighted by Gasteiger charge is 2.31. The number of aryl methyl sites for hydroxylation is 1. The summed E-state index contributed by atoms with van der Waals surface area (Å²) in [5, 5.41) is 5.97. The first-order chi connectivity index (χ1) is 14.8. The molecule has 0 fully saturated rings. The van der Waals surface area contributed by atoms with E-state index in [1.54, 1.807) is 23.0 Å². The Morgan fingerprint density at radius 2 is 1.55 bits per heavy atom. The zero-order valence-electron chi connectivity index (χ0n) is 16.3. The molecule has 0 spiro atoms. The van der Waals surface area contributed by atoms with Crippen LogP contribution in [0.15, 0.2) is 72.9 Å². The monoisotopic (exact) mass is 421 g/mol. The van der Waals surface area contributed by atoms with Gasteiger partial charge in [-0.2, -0.15) is 18.3 Å². The van der Waals surface area contributed by atoms with Crippen LogP contribution in [-0.4, -0.2) is 14.8 Å². The van der Waals surface area contributed by atoms with E-state index in [1.807, 2.05) is 31.2 Å². The molecule has 0 atom stereocenters. The zero-order valence-corrected chi connectivity index (χ0v) is 16.3. The lowest BCUT2D eigenvalue weighted by molar-refractivity contribution is -0.137. The molecule has 154 valence electrons. The van der Waals surface area contributed by atoms with E-state index in [4.69, 9.17) is 5.10 Å². The molecule has 3 nitrogen and oxygen atoms in total. The van der Waals surface area contributed by atoms with E-state index in [9.17, 15) is 17.6 Å². The van der Waals surface area contributed by atoms with Gasteiger partial charge in [0.2, 0.25) is 0 Å². The lowest BCUT2D eigenvalue weighted by Gasteiger charge is -2.09. The minimum Gasteiger partial charge on any atom is -0.255 e. The van der Waals surface area contributed by atoms with Crippen LogP contribution in [0.5, 0.6) is 0 Å². The van der Waals surface area contributed by atoms with Crippen LogP contribution in [-0.2, 0) is 6.18 Å². The van der Waals surface area contributed by atoms with Crippen molar-refractivity contribution < 1.29 is 17.6 Å². The molecular formula is C24H15F4N3. The van der Waals surface area contributed by atoms with Crippen molar-refractivity contribution in [2.45, 2.75) is 13.1 Å². The quantitative estimate of drug-likeness (QED) is 0.297. The van der Waals surface area contributed by atoms with Gasteiger partial charge in [0.1, 0.15) is 11.5 Å². The fourth-order valence-electron chi connectivity index (χ4n) is 3.65. The van der Waals surface area contributed by atoms with E-state index in [0.29, 0.717) is 27.7 Å². The zero-order chi connectivity index (χ0) is 21.8. The number of rotatable bonds is 2. The Balaban J connectivity index is 1.84. The summed E-state index contributed by atoms with van der Waals surface area (Å²) in [7, 11) is 0. The van der Waals surface area contributed by atoms with Gasteiger partial charge in [0.05, 0.1) is 22.3 Å². The van der Waals surface area contributed by atoms with Gasteiger partial charge < -0.3 is 0 Å². The largest absolute Gasteiger partial charge is 0.416 e. The second-order valence-electron chi connectivity index (χ2n) is 7.35. The first-order valence-corrected chi connectivity index (χ1v) is 9.53. The van der Waals surface area contributed by atoms with Crippen LogP contribution < -0.4 is 0 Å². The number of aromatic nitrogens is 3. The first-order valence-electron chi connectivity index (χ1n) is 9.53. The normalized spacial score (nSPS) is 12.0. The van der Waals surface area contributed by atoms with Crippen LogP contribution in [0.4, 0.5) is 17.6 Å². The topological polar surface area (TPSA) is 30.7 Å². The molecule has 0 saturated heterocycles. The highest BCUT2D eigenvalue weighted by Crippen LogP contribution is 2.36. The third-order valence-electron chi connectivity index (χ3n) is 5.23. The Labute approximate surface area is 174 Å². The van der Waals surface area contributed by atoms with Gasteiger partial charge in [-0.3, -0.25) is 4.98 Å². The third-order valence-corrected chi connectivity index (χ3v) is 5.23. The molecule has 0 aliphatic rings. The molecule has 0 aliphatic heterocycles. The van der Waals surface area contributed by atoms with Crippen LogP contribution in [0.2, 0.25) is 0 Å². The average Bonchev–Trinajstić information content (AvgIpc) is 3.14. The SMILES string of the molecule is Cc1ccc(-c2nn(-c3ccc(F)cc3)c3c2cnc2cc(C(F)(F)F)ccc23)cc1. The summed E-state index contributed by atoms with van der Waals surface area (Å²) < 4.78 is 54.7. The number of alkyl halides is 3. The number of benzene rings is 3. The Hall–Kier alpha value is -3.74. The minimum atomic E-state index is -4.46. The lowest BCUT2D eigenvalue weighted by Crippen LogP contribution is -2.04. The smallest absolute Gasteiger partial charge is 0.255 e. The molecule has 0 aliphatic carbocycles. The molecule has 5 aromatic rings. The van der Waals surface area contributed by atoms with E-state index in [0.717, 1.165) is 23.3 Å². The van der Waals surface area contributed by atoms with Gasteiger partial charge in [0.15, 0.2) is 0 Å². The maximum Gasteiger partial charge on any atom is 0.416 e. The van der Waals surface area contributed by atoms with Crippen molar-refractivity contribution in [1.82, 2.24) is 14.8 Å². The van der Waals surface area contributed by atoms with E-state index in [1.165, 1.54) is 18.2 Å². The van der Waals surface area contributed by atoms with Crippen LogP contribution in [0.3, 0.4) is 0 Å². The Morgan fingerprint density at radius 3 is 2.23 bits per heavy atom. The first kappa shape index (κ1) is 19.2. The molecule has 0 unspecified atom stereocenters. The van der Waals surface area contributed by atoms with Crippen molar-refractivity contribution in [3.8, 4) is 16.9 Å². The summed E-state index contributed by atoms with van der Waals surface area (Å²) in [6, 6.07) is 17.1. The van der Waals surface area contributed by atoms with E-state index >= 15 is 0 Å². The van der Waals surface area contributed by atoms with Crippen molar-refractivity contribution >= 4 is 21.8 Å². The molecule has 2 heterocycles. The molecule has 3 aromatic carbocycles. The molecular weight excluding hydrogens is 406 g/mol. The molecule has 31 heavy (non-hydrogen) atoms. The van der Waals surface area contributed by atoms with Gasteiger partial charge in [-0.25, -0.2) is 9.07 Å². The van der Waals surface area contributed by atoms with Crippen molar-refractivity contribution in [3.05, 3.63) is 89.9 Å². The summed E-state index contributed by atoms with van der Waals surface area (Å²) in [6.07, 6.45) is -2.92. The Bertz CT molecular complexity index is 1420. The molecule has 0 N–H and O–H groups in total. The predicted molar refractivity (Wildman–Crippen MR) is 112 cm³/mol. The highest BCUT2D eigenvalue weighted by molar-refractivity contribution is 6.08. The van der Waals surface area contributed by atoms with Gasteiger partial charge in [0, 0.05) is 22.5 Å². The average molecular weight is 421 g/mol. The second-order valence-corrected chi connectivity index (χ2v) is 7.35. The third kappa shape index (κ3) is 3.32. The summed E-state index contributed by atoms with van der Waals surface area (Å²) in [6.45, 7) is 1.98. The van der Waals surface area contributed by atoms with Crippen molar-refractivity contribution in [1.29, 1.82) is 0 Å². The second kappa shape index (κ2) is 6.91. The number of hydrogen-bond acceptors (Lipinski definition) is 2. The molecule has 2 aromatic heterocycles. The van der Waals surface area contributed by atoms with E-state index in [-0.39, 0.29) is 11.3 Å². The standard InChI is InChI=1S/C24H15F4N3/c1-14-2-4-15(5-3-14)22-20-13-29-21-12-16(24(26,27)28)6-11-19(21)23(20)31(30-22)18-9-7-17(25)8-10-18/h2-13H,1H3. The van der Waals surface area contributed by atoms with Gasteiger partial charge in [-0.15, -0.1) is 0 Å². The Morgan fingerprint density at radius 1 is 0.839 bits per heavy atom. The molecule has 0 amide bonds. The number of nitrogens with zero attached hydrogens (tertiary/aromatic N) is 3. The van der Waals surface area contributed by atoms with Crippen molar-refractivity contribution in [2.24, 2.45) is 0 Å². The van der Waals surface area contributed by atoms with Crippen LogP contribution in [0.25, 0.3) is 38.8 Å². The molecule has 7 heteroatoms. The van der Waals surface area contributed by atoms with Crippen molar-refractivity contribution in [2.75, 3.05) is 0 Å². The fourth-order valence-corrected chi connectivity index (χ4v) is 3.65. The molecule has 5 rings (SSSR count). The number of halogens is 4. The van der Waals surface area contributed by atoms with Crippen LogP contribution >= 0.6 is 0 Å². The molecule has 0 radical (unpaired) electrons. The van der Waals surface area contributed by atoms with E-state index < -0.39 is 11.7 Å². The fraction of sp³-hybridized carbons (Fsp3) is 0.0833. The molecule has 0 saturated carbocycles. The summed E-state index contributed by atoms with van der Waals surface area (Å²) in [5.74, 6) is -0.389. The number of fused-ring (bicyclic) bond motifs is 3. The summed E-state index contributed by atoms with van der Waals surface area (Å²) in [5.41, 5.74) is 3.24. The van der Waals surface area contributed by atoms with Gasteiger partial charge >= 0.3 is 6.18 Å². The Kier molecular flexibility index (Phi) is 4.28. The predicted octanol–water partition coefficient (Wildman–Crippen LogP) is 6.71. The maximum absolute atomic E-state index is 13.5. The minimum absolute atomic E-state index is 0.209. The van der Waals surface area contributed by atoms with Gasteiger partial charge in [-0.1, -0.05) is 35.9 Å². The molecule has 0 bridgehead atoms. The van der Waals surface area contributed by atoms with Crippen LogP contribution in [0.1, 0.15) is 11.1 Å². The van der Waals surface area contributed by atoms with E-state index in [2.05, 4.69) is 4.98 Å². The number of pyridine rings is 1. The lowest BCUT2D eigenvalue weighted by atomic mass is 10.0. The van der Waals surface area contributed by atoms with Gasteiger partial charge in [0.25, 0.3) is 0 Å². The maximum atomic E-state index is 13.5. The van der Waals surface area contributed by atoms with Crippen molar-refractivity contribution in [3.63, 3.8) is 0 Å².